The Morgan fingerprint density at radius 2 is 1.81 bits per heavy atom. The number of carboxylic acid groups (broad SMARTS) is 1. The molecule has 10 heteroatoms. The number of carbonyl (C=O) groups excluding carboxylic acids is 4. The Labute approximate surface area is 155 Å². The minimum absolute atomic E-state index is 0.0179. The minimum Gasteiger partial charge on any atom is -0.480 e. The Bertz CT molecular complexity index is 664. The quantitative estimate of drug-likeness (QED) is 0.381. The predicted octanol–water partition coefficient (Wildman–Crippen LogP) is -0.422. The Balaban J connectivity index is 2.58. The highest BCUT2D eigenvalue weighted by Gasteiger charge is 2.23. The normalized spacial score (nSPS) is 11.0. The molecule has 10 nitrogen and oxygen atoms in total. The predicted molar refractivity (Wildman–Crippen MR) is 92.5 cm³/mol. The van der Waals surface area contributed by atoms with Crippen molar-refractivity contribution in [2.45, 2.75) is 25.5 Å². The first-order chi connectivity index (χ1) is 12.9. The molecule has 0 aliphatic heterocycles. The summed E-state index contributed by atoms with van der Waals surface area (Å²) in [6.45, 7) is -0.815. The monoisotopic (exact) mass is 379 g/mol. The first-order valence-electron chi connectivity index (χ1n) is 8.09. The van der Waals surface area contributed by atoms with E-state index in [0.29, 0.717) is 6.29 Å². The lowest BCUT2D eigenvalue weighted by Gasteiger charge is -2.17. The van der Waals surface area contributed by atoms with E-state index >= 15 is 0 Å². The fraction of sp³-hybridized carbons (Fsp3) is 0.353. The molecule has 1 atom stereocenters. The van der Waals surface area contributed by atoms with E-state index in [4.69, 9.17) is 9.84 Å². The summed E-state index contributed by atoms with van der Waals surface area (Å²) in [6, 6.07) is 7.69. The van der Waals surface area contributed by atoms with Crippen LogP contribution in [0.5, 0.6) is 0 Å². The second kappa shape index (κ2) is 12.0. The number of carboxylic acids is 1. The Hall–Kier alpha value is -3.43. The number of aldehydes is 1. The molecule has 0 heterocycles. The summed E-state index contributed by atoms with van der Waals surface area (Å²) >= 11 is 0. The SMILES string of the molecule is O=CCNC(=O)CC[C@H](NC(=O)OCc1ccccc1)C(=O)NCC(=O)O. The van der Waals surface area contributed by atoms with Crippen LogP contribution in [0.15, 0.2) is 30.3 Å². The van der Waals surface area contributed by atoms with Gasteiger partial charge in [-0.15, -0.1) is 0 Å². The number of hydrogen-bond acceptors (Lipinski definition) is 6. The van der Waals surface area contributed by atoms with Gasteiger partial charge in [0.15, 0.2) is 0 Å². The van der Waals surface area contributed by atoms with E-state index < -0.39 is 36.5 Å². The van der Waals surface area contributed by atoms with Gasteiger partial charge in [-0.05, 0) is 12.0 Å². The van der Waals surface area contributed by atoms with Crippen LogP contribution < -0.4 is 16.0 Å². The first-order valence-corrected chi connectivity index (χ1v) is 8.09. The molecule has 0 aliphatic carbocycles. The van der Waals surface area contributed by atoms with Crippen molar-refractivity contribution in [1.29, 1.82) is 0 Å². The number of aliphatic carboxylic acids is 1. The molecule has 1 rings (SSSR count). The third kappa shape index (κ3) is 9.58. The molecule has 4 N–H and O–H groups in total. The molecule has 3 amide bonds. The Morgan fingerprint density at radius 3 is 2.44 bits per heavy atom. The summed E-state index contributed by atoms with van der Waals surface area (Å²) in [7, 11) is 0. The highest BCUT2D eigenvalue weighted by atomic mass is 16.5. The van der Waals surface area contributed by atoms with Gasteiger partial charge in [-0.3, -0.25) is 14.4 Å². The van der Waals surface area contributed by atoms with Gasteiger partial charge in [0.05, 0.1) is 6.54 Å². The third-order valence-electron chi connectivity index (χ3n) is 3.28. The van der Waals surface area contributed by atoms with Gasteiger partial charge in [0.25, 0.3) is 0 Å². The van der Waals surface area contributed by atoms with Crippen molar-refractivity contribution < 1.29 is 33.8 Å². The topological polar surface area (TPSA) is 151 Å². The third-order valence-corrected chi connectivity index (χ3v) is 3.28. The van der Waals surface area contributed by atoms with E-state index in [9.17, 15) is 24.0 Å². The number of benzene rings is 1. The molecule has 0 saturated carbocycles. The van der Waals surface area contributed by atoms with Crippen LogP contribution in [0.4, 0.5) is 4.79 Å². The summed E-state index contributed by atoms with van der Waals surface area (Å²) in [4.78, 5) is 56.3. The maximum Gasteiger partial charge on any atom is 0.408 e. The van der Waals surface area contributed by atoms with Gasteiger partial charge in [-0.25, -0.2) is 4.79 Å². The van der Waals surface area contributed by atoms with Crippen molar-refractivity contribution >= 4 is 30.2 Å². The molecule has 1 aromatic carbocycles. The maximum absolute atomic E-state index is 12.1. The second-order valence-electron chi connectivity index (χ2n) is 5.38. The lowest BCUT2D eigenvalue weighted by molar-refractivity contribution is -0.138. The first kappa shape index (κ1) is 21.6. The molecular weight excluding hydrogens is 358 g/mol. The second-order valence-corrected chi connectivity index (χ2v) is 5.38. The maximum atomic E-state index is 12.1. The molecule has 1 aromatic rings. The van der Waals surface area contributed by atoms with Gasteiger partial charge >= 0.3 is 12.1 Å². The summed E-state index contributed by atoms with van der Waals surface area (Å²) in [5, 5.41) is 15.4. The van der Waals surface area contributed by atoms with Crippen LogP contribution in [-0.4, -0.2) is 54.4 Å². The van der Waals surface area contributed by atoms with Gasteiger partial charge in [0.1, 0.15) is 25.5 Å². The smallest absolute Gasteiger partial charge is 0.408 e. The van der Waals surface area contributed by atoms with E-state index in [1.807, 2.05) is 6.07 Å². The average molecular weight is 379 g/mol. The summed E-state index contributed by atoms with van der Waals surface area (Å²) in [5.74, 6) is -2.51. The van der Waals surface area contributed by atoms with Crippen molar-refractivity contribution in [3.8, 4) is 0 Å². The van der Waals surface area contributed by atoms with E-state index in [1.54, 1.807) is 24.3 Å². The zero-order chi connectivity index (χ0) is 20.1. The van der Waals surface area contributed by atoms with E-state index in [0.717, 1.165) is 5.56 Å². The molecule has 0 spiro atoms. The number of ether oxygens (including phenoxy) is 1. The molecule has 0 radical (unpaired) electrons. The lowest BCUT2D eigenvalue weighted by atomic mass is 10.1. The molecule has 0 bridgehead atoms. The van der Waals surface area contributed by atoms with E-state index in [2.05, 4.69) is 16.0 Å². The number of hydrogen-bond donors (Lipinski definition) is 4. The molecule has 0 unspecified atom stereocenters. The molecule has 0 aromatic heterocycles. The Morgan fingerprint density at radius 1 is 1.11 bits per heavy atom. The molecule has 0 saturated heterocycles. The van der Waals surface area contributed by atoms with Crippen LogP contribution in [0.25, 0.3) is 0 Å². The van der Waals surface area contributed by atoms with Crippen LogP contribution in [0.2, 0.25) is 0 Å². The number of amides is 3. The average Bonchev–Trinajstić information content (AvgIpc) is 2.66. The van der Waals surface area contributed by atoms with Crippen LogP contribution >= 0.6 is 0 Å². The summed E-state index contributed by atoms with van der Waals surface area (Å²) in [6.07, 6.45) is -0.634. The van der Waals surface area contributed by atoms with Crippen LogP contribution in [0.3, 0.4) is 0 Å². The number of carbonyl (C=O) groups is 5. The molecule has 0 aliphatic rings. The summed E-state index contributed by atoms with van der Waals surface area (Å²) in [5.41, 5.74) is 0.743. The molecule has 27 heavy (non-hydrogen) atoms. The van der Waals surface area contributed by atoms with Crippen LogP contribution in [0.1, 0.15) is 18.4 Å². The number of alkyl carbamates (subject to hydrolysis) is 1. The van der Waals surface area contributed by atoms with Crippen molar-refractivity contribution in [3.63, 3.8) is 0 Å². The fourth-order valence-electron chi connectivity index (χ4n) is 1.98. The lowest BCUT2D eigenvalue weighted by Crippen LogP contribution is -2.48. The fourth-order valence-corrected chi connectivity index (χ4v) is 1.98. The highest BCUT2D eigenvalue weighted by molar-refractivity contribution is 5.88. The van der Waals surface area contributed by atoms with Gasteiger partial charge in [-0.2, -0.15) is 0 Å². The van der Waals surface area contributed by atoms with E-state index in [-0.39, 0.29) is 26.0 Å². The van der Waals surface area contributed by atoms with Gasteiger partial charge in [0, 0.05) is 6.42 Å². The zero-order valence-corrected chi connectivity index (χ0v) is 14.5. The molecular formula is C17H21N3O7. The van der Waals surface area contributed by atoms with Crippen molar-refractivity contribution in [3.05, 3.63) is 35.9 Å². The van der Waals surface area contributed by atoms with Crippen molar-refractivity contribution in [1.82, 2.24) is 16.0 Å². The number of rotatable bonds is 11. The van der Waals surface area contributed by atoms with E-state index in [1.165, 1.54) is 0 Å². The van der Waals surface area contributed by atoms with Gasteiger partial charge in [0.2, 0.25) is 11.8 Å². The highest BCUT2D eigenvalue weighted by Crippen LogP contribution is 2.03. The van der Waals surface area contributed by atoms with Crippen molar-refractivity contribution in [2.24, 2.45) is 0 Å². The van der Waals surface area contributed by atoms with Gasteiger partial charge in [-0.1, -0.05) is 30.3 Å². The number of nitrogens with one attached hydrogen (secondary N) is 3. The molecule has 0 fully saturated rings. The van der Waals surface area contributed by atoms with Crippen molar-refractivity contribution in [2.75, 3.05) is 13.1 Å². The molecule has 146 valence electrons. The van der Waals surface area contributed by atoms with Crippen LogP contribution in [0, 0.1) is 0 Å². The minimum atomic E-state index is -1.25. The largest absolute Gasteiger partial charge is 0.480 e. The van der Waals surface area contributed by atoms with Gasteiger partial charge < -0.3 is 30.6 Å². The van der Waals surface area contributed by atoms with Crippen LogP contribution in [-0.2, 0) is 30.5 Å². The standard InChI is InChI=1S/C17H21N3O7/c21-9-8-18-14(22)7-6-13(16(25)19-10-15(23)24)20-17(26)27-11-12-4-2-1-3-5-12/h1-5,9,13H,6-8,10-11H2,(H,18,22)(H,19,25)(H,20,26)(H,23,24)/t13-/m0/s1. The zero-order valence-electron chi connectivity index (χ0n) is 14.5. The Kier molecular flexibility index (Phi) is 9.61. The summed E-state index contributed by atoms with van der Waals surface area (Å²) < 4.78 is 5.01.